The summed E-state index contributed by atoms with van der Waals surface area (Å²) in [6.45, 7) is 0.497. The molecule has 1 heterocycles. The minimum Gasteiger partial charge on any atom is -0.370 e. The molecule has 0 radical (unpaired) electrons. The highest BCUT2D eigenvalue weighted by Gasteiger charge is 2.36. The Morgan fingerprint density at radius 1 is 1.00 bits per heavy atom. The van der Waals surface area contributed by atoms with Crippen LogP contribution in [0.4, 0.5) is 23.2 Å². The van der Waals surface area contributed by atoms with Crippen molar-refractivity contribution in [2.75, 3.05) is 11.9 Å². The Hall–Kier alpha value is -3.06. The monoisotopic (exact) mass is 476 g/mol. The highest BCUT2D eigenvalue weighted by Crippen LogP contribution is 2.38. The number of rotatable bonds is 5. The fraction of sp³-hybridized carbons (Fsp3) is 0.240. The number of alkyl halides is 3. The van der Waals surface area contributed by atoms with Gasteiger partial charge in [0.25, 0.3) is 0 Å². The zero-order chi connectivity index (χ0) is 23.6. The Kier molecular flexibility index (Phi) is 6.61. The Bertz CT molecular complexity index is 1120. The lowest BCUT2D eigenvalue weighted by Gasteiger charge is -2.31. The molecule has 3 nitrogen and oxygen atoms in total. The molecule has 1 amide bonds. The van der Waals surface area contributed by atoms with Crippen molar-refractivity contribution in [2.45, 2.75) is 31.1 Å². The number of likely N-dealkylation sites (tertiary alicyclic amines) is 1. The van der Waals surface area contributed by atoms with Gasteiger partial charge in [-0.05, 0) is 66.4 Å². The molecule has 2 atom stereocenters. The van der Waals surface area contributed by atoms with Crippen LogP contribution < -0.4 is 5.32 Å². The first-order valence-electron chi connectivity index (χ1n) is 10.5. The lowest BCUT2D eigenvalue weighted by molar-refractivity contribution is -0.137. The molecule has 1 aliphatic heterocycles. The van der Waals surface area contributed by atoms with Crippen molar-refractivity contribution in [3.8, 4) is 0 Å². The highest BCUT2D eigenvalue weighted by atomic mass is 35.5. The van der Waals surface area contributed by atoms with E-state index in [0.29, 0.717) is 22.8 Å². The summed E-state index contributed by atoms with van der Waals surface area (Å²) in [5.74, 6) is -0.724. The number of carbonyl (C=O) groups is 1. The van der Waals surface area contributed by atoms with E-state index in [0.717, 1.165) is 30.5 Å². The summed E-state index contributed by atoms with van der Waals surface area (Å²) in [6.07, 6.45) is -2.98. The highest BCUT2D eigenvalue weighted by molar-refractivity contribution is 6.31. The first-order chi connectivity index (χ1) is 15.7. The second-order valence-electron chi connectivity index (χ2n) is 7.92. The van der Waals surface area contributed by atoms with Gasteiger partial charge in [-0.1, -0.05) is 41.9 Å². The molecule has 172 valence electrons. The number of hydrogen-bond acceptors (Lipinski definition) is 2. The third-order valence-corrected chi connectivity index (χ3v) is 6.12. The van der Waals surface area contributed by atoms with E-state index in [1.54, 1.807) is 11.0 Å². The van der Waals surface area contributed by atoms with Gasteiger partial charge in [-0.2, -0.15) is 13.2 Å². The molecule has 2 unspecified atom stereocenters. The zero-order valence-corrected chi connectivity index (χ0v) is 18.2. The van der Waals surface area contributed by atoms with Gasteiger partial charge in [0, 0.05) is 17.3 Å². The molecule has 1 aliphatic rings. The van der Waals surface area contributed by atoms with Gasteiger partial charge in [0.15, 0.2) is 0 Å². The van der Waals surface area contributed by atoms with Crippen LogP contribution in [-0.4, -0.2) is 17.4 Å². The number of nitrogens with one attached hydrogen (secondary N) is 1. The van der Waals surface area contributed by atoms with Gasteiger partial charge in [-0.25, -0.2) is 4.39 Å². The summed E-state index contributed by atoms with van der Waals surface area (Å²) in [5, 5.41) is 3.63. The maximum atomic E-state index is 13.7. The normalized spacial score (nSPS) is 17.1. The molecular formula is C25H21ClF4N2O. The Labute approximate surface area is 194 Å². The second kappa shape index (κ2) is 9.43. The van der Waals surface area contributed by atoms with Crippen LogP contribution in [0.15, 0.2) is 72.8 Å². The van der Waals surface area contributed by atoms with E-state index < -0.39 is 23.6 Å². The summed E-state index contributed by atoms with van der Waals surface area (Å²) in [7, 11) is 0. The summed E-state index contributed by atoms with van der Waals surface area (Å²) < 4.78 is 52.5. The molecular weight excluding hydrogens is 456 g/mol. The molecule has 8 heteroatoms. The van der Waals surface area contributed by atoms with Crippen molar-refractivity contribution < 1.29 is 22.4 Å². The SMILES string of the molecule is O=C(C(Nc1ccc(F)cc1)c1ccc(C(F)(F)F)cc1)N1CCCC1c1ccccc1Cl. The van der Waals surface area contributed by atoms with Crippen molar-refractivity contribution in [1.29, 1.82) is 0 Å². The maximum Gasteiger partial charge on any atom is 0.416 e. The average molecular weight is 477 g/mol. The quantitative estimate of drug-likeness (QED) is 0.401. The number of nitrogens with zero attached hydrogens (tertiary/aromatic N) is 1. The van der Waals surface area contributed by atoms with Crippen molar-refractivity contribution in [2.24, 2.45) is 0 Å². The standard InChI is InChI=1S/C25H21ClF4N2O/c26-21-5-2-1-4-20(21)22-6-3-15-32(22)24(33)23(31-19-13-11-18(27)12-14-19)16-7-9-17(10-8-16)25(28,29)30/h1-2,4-5,7-14,22-23,31H,3,6,15H2. The molecule has 0 aliphatic carbocycles. The number of carbonyl (C=O) groups excluding carboxylic acids is 1. The number of anilines is 1. The number of amides is 1. The molecule has 3 aromatic carbocycles. The molecule has 1 fully saturated rings. The minimum atomic E-state index is -4.48. The molecule has 1 N–H and O–H groups in total. The molecule has 0 bridgehead atoms. The van der Waals surface area contributed by atoms with Gasteiger partial charge in [-0.15, -0.1) is 0 Å². The summed E-state index contributed by atoms with van der Waals surface area (Å²) in [5.41, 5.74) is 0.887. The first kappa shape index (κ1) is 23.1. The van der Waals surface area contributed by atoms with E-state index in [9.17, 15) is 22.4 Å². The topological polar surface area (TPSA) is 32.3 Å². The van der Waals surface area contributed by atoms with Crippen LogP contribution in [0.25, 0.3) is 0 Å². The molecule has 1 saturated heterocycles. The number of hydrogen-bond donors (Lipinski definition) is 1. The van der Waals surface area contributed by atoms with Crippen LogP contribution in [0.3, 0.4) is 0 Å². The van der Waals surface area contributed by atoms with Crippen LogP contribution in [-0.2, 0) is 11.0 Å². The third kappa shape index (κ3) is 5.14. The van der Waals surface area contributed by atoms with Crippen molar-refractivity contribution in [3.63, 3.8) is 0 Å². The predicted octanol–water partition coefficient (Wildman–Crippen LogP) is 7.01. The van der Waals surface area contributed by atoms with Crippen molar-refractivity contribution in [3.05, 3.63) is 100 Å². The van der Waals surface area contributed by atoms with Crippen LogP contribution >= 0.6 is 11.6 Å². The smallest absolute Gasteiger partial charge is 0.370 e. The third-order valence-electron chi connectivity index (χ3n) is 5.77. The Morgan fingerprint density at radius 3 is 2.30 bits per heavy atom. The minimum absolute atomic E-state index is 0.238. The van der Waals surface area contributed by atoms with Crippen LogP contribution in [0.2, 0.25) is 5.02 Å². The summed E-state index contributed by atoms with van der Waals surface area (Å²) in [4.78, 5) is 15.4. The second-order valence-corrected chi connectivity index (χ2v) is 8.32. The van der Waals surface area contributed by atoms with Gasteiger partial charge >= 0.3 is 6.18 Å². The molecule has 3 aromatic rings. The fourth-order valence-corrected chi connectivity index (χ4v) is 4.39. The van der Waals surface area contributed by atoms with Crippen molar-refractivity contribution >= 4 is 23.2 Å². The molecule has 0 spiro atoms. The zero-order valence-electron chi connectivity index (χ0n) is 17.4. The van der Waals surface area contributed by atoms with E-state index in [1.807, 2.05) is 18.2 Å². The fourth-order valence-electron chi connectivity index (χ4n) is 4.13. The largest absolute Gasteiger partial charge is 0.416 e. The first-order valence-corrected chi connectivity index (χ1v) is 10.9. The summed E-state index contributed by atoms with van der Waals surface area (Å²) >= 11 is 6.38. The van der Waals surface area contributed by atoms with E-state index in [2.05, 4.69) is 5.32 Å². The molecule has 0 aromatic heterocycles. The van der Waals surface area contributed by atoms with Gasteiger partial charge in [0.05, 0.1) is 11.6 Å². The van der Waals surface area contributed by atoms with Gasteiger partial charge in [0.1, 0.15) is 11.9 Å². The van der Waals surface area contributed by atoms with E-state index >= 15 is 0 Å². The predicted molar refractivity (Wildman–Crippen MR) is 119 cm³/mol. The summed E-state index contributed by atoms with van der Waals surface area (Å²) in [6, 6.07) is 16.1. The lowest BCUT2D eigenvalue weighted by Crippen LogP contribution is -2.37. The van der Waals surface area contributed by atoms with Gasteiger partial charge < -0.3 is 10.2 Å². The van der Waals surface area contributed by atoms with E-state index in [1.165, 1.54) is 36.4 Å². The van der Waals surface area contributed by atoms with Gasteiger partial charge in [-0.3, -0.25) is 4.79 Å². The van der Waals surface area contributed by atoms with E-state index in [4.69, 9.17) is 11.6 Å². The maximum absolute atomic E-state index is 13.7. The molecule has 0 saturated carbocycles. The number of benzene rings is 3. The Morgan fingerprint density at radius 2 is 1.67 bits per heavy atom. The number of halogens is 5. The molecule has 33 heavy (non-hydrogen) atoms. The average Bonchev–Trinajstić information content (AvgIpc) is 3.28. The van der Waals surface area contributed by atoms with Crippen LogP contribution in [0.1, 0.15) is 41.6 Å². The van der Waals surface area contributed by atoms with Crippen LogP contribution in [0.5, 0.6) is 0 Å². The van der Waals surface area contributed by atoms with E-state index in [-0.39, 0.29) is 11.9 Å². The lowest BCUT2D eigenvalue weighted by atomic mass is 10.0. The van der Waals surface area contributed by atoms with Crippen LogP contribution in [0, 0.1) is 5.82 Å². The molecule has 4 rings (SSSR count). The Balaban J connectivity index is 1.68. The van der Waals surface area contributed by atoms with Crippen molar-refractivity contribution in [1.82, 2.24) is 4.90 Å². The van der Waals surface area contributed by atoms with Gasteiger partial charge in [0.2, 0.25) is 5.91 Å².